The van der Waals surface area contributed by atoms with Crippen LogP contribution in [0.2, 0.25) is 0 Å². The van der Waals surface area contributed by atoms with Gasteiger partial charge in [-0.3, -0.25) is 9.69 Å². The van der Waals surface area contributed by atoms with E-state index in [1.165, 1.54) is 12.1 Å². The third-order valence-electron chi connectivity index (χ3n) is 3.85. The quantitative estimate of drug-likeness (QED) is 0.918. The SMILES string of the molecule is CC(c1cccc(F)c1)N(C)CC(=O)N1CCNCC1.Cl. The average molecular weight is 316 g/mol. The Morgan fingerprint density at radius 1 is 1.43 bits per heavy atom. The number of benzene rings is 1. The maximum absolute atomic E-state index is 13.2. The standard InChI is InChI=1S/C15H22FN3O.ClH/c1-12(13-4-3-5-14(16)10-13)18(2)11-15(20)19-8-6-17-7-9-19;/h3-5,10,12,17H,6-9,11H2,1-2H3;1H. The van der Waals surface area contributed by atoms with Crippen molar-refractivity contribution in [2.24, 2.45) is 0 Å². The number of likely N-dealkylation sites (N-methyl/N-ethyl adjacent to an activating group) is 1. The van der Waals surface area contributed by atoms with Crippen LogP contribution >= 0.6 is 12.4 Å². The summed E-state index contributed by atoms with van der Waals surface area (Å²) >= 11 is 0. The first-order chi connectivity index (χ1) is 9.58. The zero-order valence-corrected chi connectivity index (χ0v) is 13.3. The van der Waals surface area contributed by atoms with Gasteiger partial charge in [0.25, 0.3) is 0 Å². The van der Waals surface area contributed by atoms with Crippen molar-refractivity contribution < 1.29 is 9.18 Å². The van der Waals surface area contributed by atoms with Gasteiger partial charge in [-0.1, -0.05) is 12.1 Å². The number of amides is 1. The van der Waals surface area contributed by atoms with E-state index in [4.69, 9.17) is 0 Å². The fraction of sp³-hybridized carbons (Fsp3) is 0.533. The number of carbonyl (C=O) groups is 1. The summed E-state index contributed by atoms with van der Waals surface area (Å²) in [4.78, 5) is 16.0. The zero-order chi connectivity index (χ0) is 14.5. The van der Waals surface area contributed by atoms with Crippen LogP contribution in [0, 0.1) is 5.82 Å². The first-order valence-electron chi connectivity index (χ1n) is 7.02. The van der Waals surface area contributed by atoms with Crippen LogP contribution in [-0.4, -0.2) is 55.5 Å². The van der Waals surface area contributed by atoms with E-state index in [1.54, 1.807) is 6.07 Å². The number of piperazine rings is 1. The van der Waals surface area contributed by atoms with Crippen LogP contribution in [0.4, 0.5) is 4.39 Å². The number of nitrogens with zero attached hydrogens (tertiary/aromatic N) is 2. The van der Waals surface area contributed by atoms with E-state index in [0.29, 0.717) is 6.54 Å². The van der Waals surface area contributed by atoms with Gasteiger partial charge in [-0.05, 0) is 31.7 Å². The molecule has 21 heavy (non-hydrogen) atoms. The Hall–Kier alpha value is -1.17. The molecular formula is C15H23ClFN3O. The summed E-state index contributed by atoms with van der Waals surface area (Å²) in [6, 6.07) is 6.56. The lowest BCUT2D eigenvalue weighted by Gasteiger charge is -2.31. The summed E-state index contributed by atoms with van der Waals surface area (Å²) in [6.07, 6.45) is 0. The molecule has 1 amide bonds. The van der Waals surface area contributed by atoms with Crippen molar-refractivity contribution in [1.29, 1.82) is 0 Å². The first kappa shape index (κ1) is 17.9. The van der Waals surface area contributed by atoms with E-state index in [-0.39, 0.29) is 30.2 Å². The van der Waals surface area contributed by atoms with Crippen molar-refractivity contribution >= 4 is 18.3 Å². The highest BCUT2D eigenvalue weighted by atomic mass is 35.5. The summed E-state index contributed by atoms with van der Waals surface area (Å²) in [5, 5.41) is 3.23. The molecule has 118 valence electrons. The predicted octanol–water partition coefficient (Wildman–Crippen LogP) is 1.67. The molecule has 1 atom stereocenters. The zero-order valence-electron chi connectivity index (χ0n) is 12.5. The number of carbonyl (C=O) groups excluding carboxylic acids is 1. The van der Waals surface area contributed by atoms with Gasteiger partial charge in [0.1, 0.15) is 5.82 Å². The molecule has 1 saturated heterocycles. The summed E-state index contributed by atoms with van der Waals surface area (Å²) < 4.78 is 13.2. The van der Waals surface area contributed by atoms with Gasteiger partial charge >= 0.3 is 0 Å². The average Bonchev–Trinajstić information content (AvgIpc) is 2.47. The molecule has 1 aromatic carbocycles. The van der Waals surface area contributed by atoms with Crippen molar-refractivity contribution in [3.05, 3.63) is 35.6 Å². The Bertz CT molecular complexity index is 466. The van der Waals surface area contributed by atoms with Crippen molar-refractivity contribution in [3.8, 4) is 0 Å². The molecule has 1 N–H and O–H groups in total. The molecule has 0 aliphatic carbocycles. The molecule has 0 bridgehead atoms. The van der Waals surface area contributed by atoms with Gasteiger partial charge < -0.3 is 10.2 Å². The Labute approximate surface area is 131 Å². The van der Waals surface area contributed by atoms with Crippen LogP contribution in [-0.2, 0) is 4.79 Å². The Morgan fingerprint density at radius 3 is 2.71 bits per heavy atom. The number of hydrogen-bond donors (Lipinski definition) is 1. The maximum atomic E-state index is 13.2. The summed E-state index contributed by atoms with van der Waals surface area (Å²) in [6.45, 7) is 5.59. The molecule has 1 aliphatic heterocycles. The minimum absolute atomic E-state index is 0. The monoisotopic (exact) mass is 315 g/mol. The normalized spacial score (nSPS) is 16.5. The van der Waals surface area contributed by atoms with Gasteiger partial charge in [-0.25, -0.2) is 4.39 Å². The van der Waals surface area contributed by atoms with Crippen LogP contribution in [0.1, 0.15) is 18.5 Å². The molecule has 0 aromatic heterocycles. The summed E-state index contributed by atoms with van der Waals surface area (Å²) in [7, 11) is 1.90. The van der Waals surface area contributed by atoms with E-state index in [2.05, 4.69) is 5.32 Å². The van der Waals surface area contributed by atoms with Crippen LogP contribution in [0.3, 0.4) is 0 Å². The summed E-state index contributed by atoms with van der Waals surface area (Å²) in [5.41, 5.74) is 0.889. The van der Waals surface area contributed by atoms with Gasteiger partial charge in [-0.15, -0.1) is 12.4 Å². The lowest BCUT2D eigenvalue weighted by atomic mass is 10.1. The first-order valence-corrected chi connectivity index (χ1v) is 7.02. The third kappa shape index (κ3) is 4.95. The fourth-order valence-electron chi connectivity index (χ4n) is 2.39. The smallest absolute Gasteiger partial charge is 0.236 e. The van der Waals surface area contributed by atoms with Crippen molar-refractivity contribution in [2.75, 3.05) is 39.8 Å². The fourth-order valence-corrected chi connectivity index (χ4v) is 2.39. The van der Waals surface area contributed by atoms with Crippen molar-refractivity contribution in [2.45, 2.75) is 13.0 Å². The Balaban J connectivity index is 0.00000220. The highest BCUT2D eigenvalue weighted by Gasteiger charge is 2.20. The molecule has 1 heterocycles. The maximum Gasteiger partial charge on any atom is 0.236 e. The molecular weight excluding hydrogens is 293 g/mol. The second kappa shape index (κ2) is 8.32. The van der Waals surface area contributed by atoms with Crippen LogP contribution in [0.15, 0.2) is 24.3 Å². The van der Waals surface area contributed by atoms with Gasteiger partial charge in [0.05, 0.1) is 6.54 Å². The molecule has 1 aromatic rings. The number of hydrogen-bond acceptors (Lipinski definition) is 3. The molecule has 6 heteroatoms. The van der Waals surface area contributed by atoms with E-state index in [9.17, 15) is 9.18 Å². The second-order valence-electron chi connectivity index (χ2n) is 5.28. The predicted molar refractivity (Wildman–Crippen MR) is 84.1 cm³/mol. The van der Waals surface area contributed by atoms with Gasteiger partial charge in [0.2, 0.25) is 5.91 Å². The van der Waals surface area contributed by atoms with Crippen molar-refractivity contribution in [1.82, 2.24) is 15.1 Å². The topological polar surface area (TPSA) is 35.6 Å². The highest BCUT2D eigenvalue weighted by Crippen LogP contribution is 2.19. The molecule has 4 nitrogen and oxygen atoms in total. The van der Waals surface area contributed by atoms with E-state index in [0.717, 1.165) is 31.7 Å². The molecule has 1 unspecified atom stereocenters. The molecule has 0 saturated carbocycles. The molecule has 1 aliphatic rings. The van der Waals surface area contributed by atoms with Crippen molar-refractivity contribution in [3.63, 3.8) is 0 Å². The molecule has 1 fully saturated rings. The van der Waals surface area contributed by atoms with E-state index in [1.807, 2.05) is 29.8 Å². The Morgan fingerprint density at radius 2 is 2.10 bits per heavy atom. The lowest BCUT2D eigenvalue weighted by molar-refractivity contribution is -0.133. The lowest BCUT2D eigenvalue weighted by Crippen LogP contribution is -2.49. The molecule has 0 spiro atoms. The molecule has 2 rings (SSSR count). The second-order valence-corrected chi connectivity index (χ2v) is 5.28. The Kier molecular flexibility index (Phi) is 7.08. The minimum Gasteiger partial charge on any atom is -0.339 e. The van der Waals surface area contributed by atoms with E-state index >= 15 is 0 Å². The summed E-state index contributed by atoms with van der Waals surface area (Å²) in [5.74, 6) is -0.103. The minimum atomic E-state index is -0.240. The number of nitrogens with one attached hydrogen (secondary N) is 1. The van der Waals surface area contributed by atoms with Crippen LogP contribution in [0.25, 0.3) is 0 Å². The van der Waals surface area contributed by atoms with Gasteiger partial charge in [-0.2, -0.15) is 0 Å². The number of halogens is 2. The third-order valence-corrected chi connectivity index (χ3v) is 3.85. The van der Waals surface area contributed by atoms with Crippen LogP contribution < -0.4 is 5.32 Å². The van der Waals surface area contributed by atoms with Crippen LogP contribution in [0.5, 0.6) is 0 Å². The van der Waals surface area contributed by atoms with E-state index < -0.39 is 0 Å². The number of rotatable bonds is 4. The highest BCUT2D eigenvalue weighted by molar-refractivity contribution is 5.85. The van der Waals surface area contributed by atoms with Gasteiger partial charge in [0, 0.05) is 32.2 Å². The van der Waals surface area contributed by atoms with Gasteiger partial charge in [0.15, 0.2) is 0 Å². The molecule has 0 radical (unpaired) electrons. The largest absolute Gasteiger partial charge is 0.339 e.